The first kappa shape index (κ1) is 14.5. The summed E-state index contributed by atoms with van der Waals surface area (Å²) in [6, 6.07) is 0.402. The molecule has 0 aliphatic carbocycles. The number of carbonyl (C=O) groups excluding carboxylic acids is 1. The summed E-state index contributed by atoms with van der Waals surface area (Å²) in [7, 11) is 0. The monoisotopic (exact) mass is 240 g/mol. The largest absolute Gasteiger partial charge is 0.354 e. The Labute approximate surface area is 106 Å². The molecule has 1 saturated heterocycles. The summed E-state index contributed by atoms with van der Waals surface area (Å²) in [5.41, 5.74) is 0.284. The molecule has 0 radical (unpaired) electrons. The molecule has 2 N–H and O–H groups in total. The topological polar surface area (TPSA) is 41.1 Å². The Balaban J connectivity index is 2.42. The number of hydrogen-bond acceptors (Lipinski definition) is 2. The van der Waals surface area contributed by atoms with Crippen LogP contribution < -0.4 is 10.6 Å². The number of piperidine rings is 1. The number of hydrogen-bond donors (Lipinski definition) is 2. The Morgan fingerprint density at radius 1 is 1.41 bits per heavy atom. The highest BCUT2D eigenvalue weighted by Gasteiger charge is 2.32. The fourth-order valence-electron chi connectivity index (χ4n) is 2.29. The predicted molar refractivity (Wildman–Crippen MR) is 71.8 cm³/mol. The molecule has 1 aliphatic heterocycles. The fraction of sp³-hybridized carbons (Fsp3) is 0.929. The molecule has 100 valence electrons. The van der Waals surface area contributed by atoms with E-state index in [1.165, 1.54) is 12.8 Å². The summed E-state index contributed by atoms with van der Waals surface area (Å²) in [6.07, 6.45) is 2.47. The lowest BCUT2D eigenvalue weighted by atomic mass is 9.77. The third-order valence-electron chi connectivity index (χ3n) is 4.23. The van der Waals surface area contributed by atoms with Gasteiger partial charge in [0.25, 0.3) is 0 Å². The molecule has 1 fully saturated rings. The van der Waals surface area contributed by atoms with Gasteiger partial charge in [-0.3, -0.25) is 4.79 Å². The predicted octanol–water partition coefficient (Wildman–Crippen LogP) is 2.17. The van der Waals surface area contributed by atoms with Crippen molar-refractivity contribution in [3.63, 3.8) is 0 Å². The van der Waals surface area contributed by atoms with Crippen LogP contribution >= 0.6 is 0 Å². The second kappa shape index (κ2) is 5.85. The van der Waals surface area contributed by atoms with Gasteiger partial charge in [-0.25, -0.2) is 0 Å². The highest BCUT2D eigenvalue weighted by atomic mass is 16.1. The van der Waals surface area contributed by atoms with Gasteiger partial charge in [0.1, 0.15) is 0 Å². The molecule has 2 atom stereocenters. The summed E-state index contributed by atoms with van der Waals surface area (Å²) < 4.78 is 0. The van der Waals surface area contributed by atoms with Crippen LogP contribution in [0.25, 0.3) is 0 Å². The zero-order valence-corrected chi connectivity index (χ0v) is 12.0. The van der Waals surface area contributed by atoms with Gasteiger partial charge >= 0.3 is 0 Å². The van der Waals surface area contributed by atoms with E-state index in [9.17, 15) is 4.79 Å². The van der Waals surface area contributed by atoms with Crippen molar-refractivity contribution in [3.05, 3.63) is 0 Å². The zero-order chi connectivity index (χ0) is 13.1. The van der Waals surface area contributed by atoms with Gasteiger partial charge < -0.3 is 10.6 Å². The first-order chi connectivity index (χ1) is 7.84. The van der Waals surface area contributed by atoms with Gasteiger partial charge in [-0.05, 0) is 30.7 Å². The van der Waals surface area contributed by atoms with Crippen LogP contribution in [0.5, 0.6) is 0 Å². The summed E-state index contributed by atoms with van der Waals surface area (Å²) in [4.78, 5) is 11.9. The van der Waals surface area contributed by atoms with Crippen molar-refractivity contribution in [3.8, 4) is 0 Å². The highest BCUT2D eigenvalue weighted by molar-refractivity contribution is 5.78. The van der Waals surface area contributed by atoms with Gasteiger partial charge in [-0.1, -0.05) is 34.6 Å². The number of rotatable bonds is 4. The first-order valence-corrected chi connectivity index (χ1v) is 6.85. The maximum Gasteiger partial charge on any atom is 0.223 e. The van der Waals surface area contributed by atoms with Gasteiger partial charge in [0, 0.05) is 18.5 Å². The van der Waals surface area contributed by atoms with Crippen LogP contribution in [-0.2, 0) is 4.79 Å². The van der Waals surface area contributed by atoms with E-state index in [0.717, 1.165) is 13.1 Å². The molecule has 1 amide bonds. The molecule has 0 saturated carbocycles. The Hall–Kier alpha value is -0.570. The van der Waals surface area contributed by atoms with Crippen molar-refractivity contribution < 1.29 is 4.79 Å². The van der Waals surface area contributed by atoms with Crippen LogP contribution in [0.4, 0.5) is 0 Å². The van der Waals surface area contributed by atoms with Gasteiger partial charge in [-0.15, -0.1) is 0 Å². The fourth-order valence-corrected chi connectivity index (χ4v) is 2.29. The maximum absolute atomic E-state index is 11.9. The van der Waals surface area contributed by atoms with Crippen molar-refractivity contribution in [1.29, 1.82) is 0 Å². The first-order valence-electron chi connectivity index (χ1n) is 6.85. The van der Waals surface area contributed by atoms with E-state index >= 15 is 0 Å². The van der Waals surface area contributed by atoms with Crippen LogP contribution in [0.1, 0.15) is 47.5 Å². The van der Waals surface area contributed by atoms with Crippen LogP contribution in [0.15, 0.2) is 0 Å². The van der Waals surface area contributed by atoms with E-state index in [2.05, 4.69) is 38.3 Å². The average molecular weight is 240 g/mol. The zero-order valence-electron chi connectivity index (χ0n) is 12.0. The molecule has 3 heteroatoms. The van der Waals surface area contributed by atoms with Crippen LogP contribution in [0.3, 0.4) is 0 Å². The summed E-state index contributed by atoms with van der Waals surface area (Å²) in [6.45, 7) is 12.6. The lowest BCUT2D eigenvalue weighted by Crippen LogP contribution is -2.53. The lowest BCUT2D eigenvalue weighted by molar-refractivity contribution is -0.125. The van der Waals surface area contributed by atoms with Crippen molar-refractivity contribution in [2.75, 3.05) is 13.1 Å². The minimum atomic E-state index is 0.0988. The molecule has 17 heavy (non-hydrogen) atoms. The van der Waals surface area contributed by atoms with Gasteiger partial charge in [0.2, 0.25) is 5.91 Å². The molecule has 2 unspecified atom stereocenters. The molecule has 0 aromatic rings. The Kier molecular flexibility index (Phi) is 4.99. The molecule has 1 heterocycles. The molecule has 0 spiro atoms. The molecular formula is C14H28N2O. The van der Waals surface area contributed by atoms with Gasteiger partial charge in [0.05, 0.1) is 0 Å². The quantitative estimate of drug-likeness (QED) is 0.791. The minimum Gasteiger partial charge on any atom is -0.354 e. The van der Waals surface area contributed by atoms with Gasteiger partial charge in [-0.2, -0.15) is 0 Å². The lowest BCUT2D eigenvalue weighted by Gasteiger charge is -2.39. The average Bonchev–Trinajstić information content (AvgIpc) is 2.25. The van der Waals surface area contributed by atoms with E-state index in [0.29, 0.717) is 12.0 Å². The summed E-state index contributed by atoms with van der Waals surface area (Å²) in [5.74, 6) is 0.687. The van der Waals surface area contributed by atoms with Crippen molar-refractivity contribution in [2.45, 2.75) is 53.5 Å². The maximum atomic E-state index is 11.9. The minimum absolute atomic E-state index is 0.0988. The van der Waals surface area contributed by atoms with E-state index in [4.69, 9.17) is 0 Å². The Morgan fingerprint density at radius 3 is 2.59 bits per heavy atom. The summed E-state index contributed by atoms with van der Waals surface area (Å²) >= 11 is 0. The van der Waals surface area contributed by atoms with Crippen LogP contribution in [0.2, 0.25) is 0 Å². The standard InChI is InChI=1S/C14H28N2O/c1-10(2)11(3)13(17)16-9-12-14(4,5)7-6-8-15-12/h10-12,15H,6-9H2,1-5H3,(H,16,17). The smallest absolute Gasteiger partial charge is 0.223 e. The molecule has 0 bridgehead atoms. The van der Waals surface area contributed by atoms with E-state index in [1.54, 1.807) is 0 Å². The SMILES string of the molecule is CC(C)C(C)C(=O)NCC1NCCCC1(C)C. The van der Waals surface area contributed by atoms with Crippen molar-refractivity contribution >= 4 is 5.91 Å². The number of amides is 1. The normalized spacial score (nSPS) is 25.6. The van der Waals surface area contributed by atoms with Crippen molar-refractivity contribution in [2.24, 2.45) is 17.3 Å². The van der Waals surface area contributed by atoms with E-state index in [-0.39, 0.29) is 17.2 Å². The number of carbonyl (C=O) groups is 1. The van der Waals surface area contributed by atoms with Gasteiger partial charge in [0.15, 0.2) is 0 Å². The molecule has 0 aromatic heterocycles. The molecule has 0 aromatic carbocycles. The molecule has 1 aliphatic rings. The van der Waals surface area contributed by atoms with E-state index in [1.807, 2.05) is 6.92 Å². The number of nitrogens with one attached hydrogen (secondary N) is 2. The van der Waals surface area contributed by atoms with Crippen molar-refractivity contribution in [1.82, 2.24) is 10.6 Å². The molecular weight excluding hydrogens is 212 g/mol. The second-order valence-corrected chi connectivity index (χ2v) is 6.38. The summed E-state index contributed by atoms with van der Waals surface area (Å²) in [5, 5.41) is 6.61. The molecule has 3 nitrogen and oxygen atoms in total. The Bertz CT molecular complexity index is 261. The van der Waals surface area contributed by atoms with Crippen LogP contribution in [0, 0.1) is 17.3 Å². The highest BCUT2D eigenvalue weighted by Crippen LogP contribution is 2.29. The third kappa shape index (κ3) is 3.98. The van der Waals surface area contributed by atoms with E-state index < -0.39 is 0 Å². The molecule has 1 rings (SSSR count). The van der Waals surface area contributed by atoms with Crippen LogP contribution in [-0.4, -0.2) is 25.0 Å². The Morgan fingerprint density at radius 2 is 2.06 bits per heavy atom. The third-order valence-corrected chi connectivity index (χ3v) is 4.23. The second-order valence-electron chi connectivity index (χ2n) is 6.38.